The topological polar surface area (TPSA) is 41.5 Å². The number of benzene rings is 1. The molecular formula is C17H21ClN2O. The van der Waals surface area contributed by atoms with Gasteiger partial charge >= 0.3 is 0 Å². The summed E-state index contributed by atoms with van der Waals surface area (Å²) >= 11 is 5.83. The number of nitrogens with one attached hydrogen (secondary N) is 1. The number of carbonyl (C=O) groups is 1. The number of fused-ring (bicyclic) bond motifs is 2. The van der Waals surface area contributed by atoms with E-state index in [1.165, 1.54) is 12.8 Å². The van der Waals surface area contributed by atoms with Crippen LogP contribution in [0.3, 0.4) is 0 Å². The van der Waals surface area contributed by atoms with Gasteiger partial charge in [-0.2, -0.15) is 5.10 Å². The molecule has 1 aromatic rings. The zero-order valence-corrected chi connectivity index (χ0v) is 13.5. The largest absolute Gasteiger partial charge is 0.271 e. The molecule has 0 saturated heterocycles. The van der Waals surface area contributed by atoms with E-state index < -0.39 is 0 Å². The minimum Gasteiger partial charge on any atom is -0.267 e. The normalized spacial score (nSPS) is 31.6. The number of rotatable bonds is 2. The lowest BCUT2D eigenvalue weighted by atomic mass is 9.70. The summed E-state index contributed by atoms with van der Waals surface area (Å²) in [6, 6.07) is 6.85. The van der Waals surface area contributed by atoms with Gasteiger partial charge in [-0.15, -0.1) is 0 Å². The lowest BCUT2D eigenvalue weighted by molar-refractivity contribution is 0.0954. The minimum absolute atomic E-state index is 0.116. The van der Waals surface area contributed by atoms with E-state index in [4.69, 9.17) is 11.6 Å². The van der Waals surface area contributed by atoms with Gasteiger partial charge in [0.15, 0.2) is 0 Å². The van der Waals surface area contributed by atoms with Crippen LogP contribution in [0.4, 0.5) is 0 Å². The Bertz CT molecular complexity index is 606. The van der Waals surface area contributed by atoms with Crippen molar-refractivity contribution in [3.05, 3.63) is 34.9 Å². The summed E-state index contributed by atoms with van der Waals surface area (Å²) in [6.45, 7) is 6.94. The molecule has 2 aliphatic rings. The number of amides is 1. The smallest absolute Gasteiger partial charge is 0.267 e. The van der Waals surface area contributed by atoms with Crippen LogP contribution in [0, 0.1) is 16.7 Å². The molecule has 112 valence electrons. The van der Waals surface area contributed by atoms with Gasteiger partial charge in [0, 0.05) is 21.7 Å². The third-order valence-electron chi connectivity index (χ3n) is 5.91. The van der Waals surface area contributed by atoms with Crippen molar-refractivity contribution in [1.29, 1.82) is 0 Å². The van der Waals surface area contributed by atoms with Crippen molar-refractivity contribution >= 4 is 23.2 Å². The number of hydrogen-bond donors (Lipinski definition) is 1. The Hall–Kier alpha value is -1.35. The quantitative estimate of drug-likeness (QED) is 0.814. The molecule has 0 spiro atoms. The van der Waals surface area contributed by atoms with Gasteiger partial charge in [0.25, 0.3) is 5.91 Å². The first-order chi connectivity index (χ1) is 9.84. The van der Waals surface area contributed by atoms with Gasteiger partial charge < -0.3 is 0 Å². The molecule has 3 rings (SSSR count). The van der Waals surface area contributed by atoms with E-state index in [2.05, 4.69) is 31.3 Å². The summed E-state index contributed by atoms with van der Waals surface area (Å²) in [5.74, 6) is 0.511. The SMILES string of the molecule is CC12CCC(C/C1=N\NC(=O)c1ccc(Cl)cc1)C2(C)C. The predicted molar refractivity (Wildman–Crippen MR) is 85.6 cm³/mol. The van der Waals surface area contributed by atoms with Crippen LogP contribution < -0.4 is 5.43 Å². The van der Waals surface area contributed by atoms with Crippen molar-refractivity contribution in [3.63, 3.8) is 0 Å². The molecule has 4 heteroatoms. The number of halogens is 1. The van der Waals surface area contributed by atoms with Crippen molar-refractivity contribution in [2.75, 3.05) is 0 Å². The van der Waals surface area contributed by atoms with E-state index in [9.17, 15) is 4.79 Å². The molecule has 2 bridgehead atoms. The van der Waals surface area contributed by atoms with E-state index in [-0.39, 0.29) is 16.7 Å². The highest BCUT2D eigenvalue weighted by molar-refractivity contribution is 6.30. The summed E-state index contributed by atoms with van der Waals surface area (Å²) in [6.07, 6.45) is 3.44. The highest BCUT2D eigenvalue weighted by Gasteiger charge is 2.59. The first-order valence-corrected chi connectivity index (χ1v) is 7.85. The van der Waals surface area contributed by atoms with E-state index in [1.807, 2.05) is 0 Å². The molecule has 1 aromatic carbocycles. The monoisotopic (exact) mass is 304 g/mol. The zero-order chi connectivity index (χ0) is 15.3. The van der Waals surface area contributed by atoms with Crippen LogP contribution >= 0.6 is 11.6 Å². The standard InChI is InChI=1S/C17H21ClN2O/c1-16(2)12-8-9-17(16,3)14(10-12)19-20-15(21)11-4-6-13(18)7-5-11/h4-7,12H,8-10H2,1-3H3,(H,20,21)/b19-14+. The van der Waals surface area contributed by atoms with E-state index in [1.54, 1.807) is 24.3 Å². The third-order valence-corrected chi connectivity index (χ3v) is 6.16. The molecule has 1 N–H and O–H groups in total. The molecule has 21 heavy (non-hydrogen) atoms. The molecule has 0 radical (unpaired) electrons. The maximum atomic E-state index is 12.1. The fourth-order valence-electron chi connectivity index (χ4n) is 3.88. The maximum absolute atomic E-state index is 12.1. The number of nitrogens with zero attached hydrogens (tertiary/aromatic N) is 1. The molecular weight excluding hydrogens is 284 g/mol. The summed E-state index contributed by atoms with van der Waals surface area (Å²) in [7, 11) is 0. The Morgan fingerprint density at radius 1 is 1.29 bits per heavy atom. The fourth-order valence-corrected chi connectivity index (χ4v) is 4.01. The van der Waals surface area contributed by atoms with Gasteiger partial charge in [-0.1, -0.05) is 32.4 Å². The van der Waals surface area contributed by atoms with Crippen molar-refractivity contribution in [3.8, 4) is 0 Å². The van der Waals surface area contributed by atoms with Crippen LogP contribution in [0.1, 0.15) is 50.4 Å². The molecule has 3 nitrogen and oxygen atoms in total. The summed E-state index contributed by atoms with van der Waals surface area (Å²) < 4.78 is 0. The number of hydrogen-bond acceptors (Lipinski definition) is 2. The molecule has 2 aliphatic carbocycles. The minimum atomic E-state index is -0.177. The molecule has 2 atom stereocenters. The summed E-state index contributed by atoms with van der Waals surface area (Å²) in [4.78, 5) is 12.1. The summed E-state index contributed by atoms with van der Waals surface area (Å²) in [5, 5.41) is 5.08. The van der Waals surface area contributed by atoms with Crippen LogP contribution in [0.25, 0.3) is 0 Å². The van der Waals surface area contributed by atoms with Crippen LogP contribution in [0.15, 0.2) is 29.4 Å². The van der Waals surface area contributed by atoms with Crippen molar-refractivity contribution < 1.29 is 4.79 Å². The highest BCUT2D eigenvalue weighted by atomic mass is 35.5. The lowest BCUT2D eigenvalue weighted by Gasteiger charge is -2.34. The van der Waals surface area contributed by atoms with Gasteiger partial charge in [0.2, 0.25) is 0 Å². The second-order valence-electron chi connectivity index (χ2n) is 7.00. The Kier molecular flexibility index (Phi) is 3.36. The molecule has 2 saturated carbocycles. The van der Waals surface area contributed by atoms with Gasteiger partial charge in [-0.25, -0.2) is 5.43 Å². The maximum Gasteiger partial charge on any atom is 0.271 e. The van der Waals surface area contributed by atoms with Crippen LogP contribution in [-0.4, -0.2) is 11.6 Å². The van der Waals surface area contributed by atoms with Gasteiger partial charge in [0.1, 0.15) is 0 Å². The zero-order valence-electron chi connectivity index (χ0n) is 12.7. The molecule has 0 heterocycles. The van der Waals surface area contributed by atoms with Crippen molar-refractivity contribution in [2.24, 2.45) is 21.8 Å². The highest BCUT2D eigenvalue weighted by Crippen LogP contribution is 2.63. The van der Waals surface area contributed by atoms with E-state index in [0.717, 1.165) is 12.1 Å². The third kappa shape index (κ3) is 2.18. The molecule has 1 amide bonds. The number of carbonyl (C=O) groups excluding carboxylic acids is 1. The van der Waals surface area contributed by atoms with Gasteiger partial charge in [-0.3, -0.25) is 4.79 Å². The van der Waals surface area contributed by atoms with Gasteiger partial charge in [-0.05, 0) is 54.9 Å². The average Bonchev–Trinajstić information content (AvgIpc) is 2.78. The van der Waals surface area contributed by atoms with Crippen LogP contribution in [0.5, 0.6) is 0 Å². The van der Waals surface area contributed by atoms with E-state index in [0.29, 0.717) is 16.5 Å². The first-order valence-electron chi connectivity index (χ1n) is 7.47. The van der Waals surface area contributed by atoms with E-state index >= 15 is 0 Å². The van der Waals surface area contributed by atoms with Crippen molar-refractivity contribution in [1.82, 2.24) is 5.43 Å². The Balaban J connectivity index is 1.76. The van der Waals surface area contributed by atoms with Crippen LogP contribution in [-0.2, 0) is 0 Å². The second-order valence-corrected chi connectivity index (χ2v) is 7.44. The molecule has 0 aliphatic heterocycles. The summed E-state index contributed by atoms with van der Waals surface area (Å²) in [5.41, 5.74) is 4.83. The lowest BCUT2D eigenvalue weighted by Crippen LogP contribution is -2.34. The van der Waals surface area contributed by atoms with Crippen molar-refractivity contribution in [2.45, 2.75) is 40.0 Å². The first kappa shape index (κ1) is 14.6. The fraction of sp³-hybridized carbons (Fsp3) is 0.529. The Morgan fingerprint density at radius 3 is 2.48 bits per heavy atom. The Morgan fingerprint density at radius 2 is 1.95 bits per heavy atom. The molecule has 0 aromatic heterocycles. The molecule has 2 fully saturated rings. The van der Waals surface area contributed by atoms with Gasteiger partial charge in [0.05, 0.1) is 0 Å². The second kappa shape index (κ2) is 4.84. The average molecular weight is 305 g/mol. The van der Waals surface area contributed by atoms with Crippen LogP contribution in [0.2, 0.25) is 5.02 Å². The Labute approximate surface area is 130 Å². The number of hydrazone groups is 1. The molecule has 2 unspecified atom stereocenters. The predicted octanol–water partition coefficient (Wildman–Crippen LogP) is 4.27.